The Labute approximate surface area is 136 Å². The molecule has 7 heteroatoms. The molecule has 1 N–H and O–H groups in total. The maximum absolute atomic E-state index is 12.0. The second kappa shape index (κ2) is 8.33. The van der Waals surface area contributed by atoms with Gasteiger partial charge in [-0.2, -0.15) is 0 Å². The Hall–Kier alpha value is -2.15. The number of benzene rings is 1. The van der Waals surface area contributed by atoms with E-state index in [2.05, 4.69) is 30.7 Å². The van der Waals surface area contributed by atoms with Crippen molar-refractivity contribution in [1.29, 1.82) is 0 Å². The third kappa shape index (κ3) is 4.70. The average molecular weight is 370 g/mol. The highest BCUT2D eigenvalue weighted by Gasteiger charge is 2.17. The van der Waals surface area contributed by atoms with Gasteiger partial charge in [-0.3, -0.25) is 4.79 Å². The van der Waals surface area contributed by atoms with Crippen molar-refractivity contribution in [2.75, 3.05) is 19.5 Å². The summed E-state index contributed by atoms with van der Waals surface area (Å²) < 4.78 is 9.82. The molecule has 22 heavy (non-hydrogen) atoms. The van der Waals surface area contributed by atoms with Gasteiger partial charge in [0.1, 0.15) is 5.70 Å². The Morgan fingerprint density at radius 3 is 2.45 bits per heavy atom. The molecule has 0 bridgehead atoms. The van der Waals surface area contributed by atoms with Crippen molar-refractivity contribution in [3.63, 3.8) is 0 Å². The molecule has 118 valence electrons. The van der Waals surface area contributed by atoms with E-state index >= 15 is 0 Å². The second-order valence-electron chi connectivity index (χ2n) is 4.16. The smallest absolute Gasteiger partial charge is 0.354 e. The van der Waals surface area contributed by atoms with Gasteiger partial charge in [-0.05, 0) is 18.2 Å². The summed E-state index contributed by atoms with van der Waals surface area (Å²) in [6.45, 7) is 1.74. The first-order valence-electron chi connectivity index (χ1n) is 6.40. The Balaban J connectivity index is 3.26. The number of halogens is 1. The SMILES string of the molecule is CCC(=O)c1ccc(Br)cc1N/C(=C/C(=O)OC)C(=O)OC. The van der Waals surface area contributed by atoms with Gasteiger partial charge in [0.25, 0.3) is 0 Å². The zero-order chi connectivity index (χ0) is 16.7. The number of rotatable bonds is 6. The minimum Gasteiger partial charge on any atom is -0.466 e. The third-order valence-electron chi connectivity index (χ3n) is 2.74. The summed E-state index contributed by atoms with van der Waals surface area (Å²) in [6.07, 6.45) is 1.28. The summed E-state index contributed by atoms with van der Waals surface area (Å²) in [5, 5.41) is 2.75. The van der Waals surface area contributed by atoms with Crippen molar-refractivity contribution in [3.8, 4) is 0 Å². The van der Waals surface area contributed by atoms with Gasteiger partial charge in [0.15, 0.2) is 5.78 Å². The number of Topliss-reactive ketones (excluding diaryl/α,β-unsaturated/α-hetero) is 1. The highest BCUT2D eigenvalue weighted by Crippen LogP contribution is 2.24. The zero-order valence-corrected chi connectivity index (χ0v) is 14.0. The van der Waals surface area contributed by atoms with E-state index in [4.69, 9.17) is 0 Å². The largest absolute Gasteiger partial charge is 0.466 e. The summed E-state index contributed by atoms with van der Waals surface area (Å²) in [7, 11) is 2.38. The predicted octanol–water partition coefficient (Wildman–Crippen LogP) is 2.68. The molecule has 1 rings (SSSR count). The molecular weight excluding hydrogens is 354 g/mol. The molecule has 0 heterocycles. The zero-order valence-electron chi connectivity index (χ0n) is 12.4. The van der Waals surface area contributed by atoms with Crippen LogP contribution in [0.3, 0.4) is 0 Å². The molecule has 6 nitrogen and oxygen atoms in total. The van der Waals surface area contributed by atoms with Gasteiger partial charge in [0, 0.05) is 16.5 Å². The van der Waals surface area contributed by atoms with Crippen LogP contribution >= 0.6 is 15.9 Å². The van der Waals surface area contributed by atoms with E-state index in [1.165, 1.54) is 14.2 Å². The highest BCUT2D eigenvalue weighted by molar-refractivity contribution is 9.10. The van der Waals surface area contributed by atoms with Crippen LogP contribution in [0.5, 0.6) is 0 Å². The van der Waals surface area contributed by atoms with Gasteiger partial charge in [0.2, 0.25) is 0 Å². The summed E-state index contributed by atoms with van der Waals surface area (Å²) in [5.41, 5.74) is 0.671. The van der Waals surface area contributed by atoms with Crippen LogP contribution in [0.2, 0.25) is 0 Å². The lowest BCUT2D eigenvalue weighted by atomic mass is 10.1. The van der Waals surface area contributed by atoms with Crippen molar-refractivity contribution in [1.82, 2.24) is 0 Å². The van der Waals surface area contributed by atoms with Gasteiger partial charge in [-0.15, -0.1) is 0 Å². The number of hydrogen-bond donors (Lipinski definition) is 1. The lowest BCUT2D eigenvalue weighted by molar-refractivity contribution is -0.138. The average Bonchev–Trinajstić information content (AvgIpc) is 2.52. The first-order valence-corrected chi connectivity index (χ1v) is 7.20. The first kappa shape index (κ1) is 17.9. The predicted molar refractivity (Wildman–Crippen MR) is 84.5 cm³/mol. The Bertz CT molecular complexity index is 624. The summed E-state index contributed by atoms with van der Waals surface area (Å²) in [6, 6.07) is 4.98. The number of hydrogen-bond acceptors (Lipinski definition) is 6. The fraction of sp³-hybridized carbons (Fsp3) is 0.267. The molecule has 0 spiro atoms. The number of carbonyl (C=O) groups is 3. The van der Waals surface area contributed by atoms with E-state index < -0.39 is 11.9 Å². The number of ether oxygens (including phenoxy) is 2. The van der Waals surface area contributed by atoms with Gasteiger partial charge in [-0.25, -0.2) is 9.59 Å². The fourth-order valence-electron chi connectivity index (χ4n) is 1.63. The lowest BCUT2D eigenvalue weighted by Gasteiger charge is -2.13. The number of anilines is 1. The normalized spacial score (nSPS) is 10.8. The van der Waals surface area contributed by atoms with Crippen molar-refractivity contribution in [2.45, 2.75) is 13.3 Å². The number of nitrogens with one attached hydrogen (secondary N) is 1. The summed E-state index contributed by atoms with van der Waals surface area (Å²) >= 11 is 3.30. The Morgan fingerprint density at radius 2 is 1.91 bits per heavy atom. The van der Waals surface area contributed by atoms with E-state index in [-0.39, 0.29) is 11.5 Å². The molecule has 0 aromatic heterocycles. The molecule has 0 amide bonds. The van der Waals surface area contributed by atoms with Crippen LogP contribution in [0.25, 0.3) is 0 Å². The van der Waals surface area contributed by atoms with Crippen LogP contribution in [0, 0.1) is 0 Å². The van der Waals surface area contributed by atoms with Gasteiger partial charge >= 0.3 is 11.9 Å². The first-order chi connectivity index (χ1) is 10.4. The van der Waals surface area contributed by atoms with Crippen LogP contribution in [-0.2, 0) is 19.1 Å². The number of carbonyl (C=O) groups excluding carboxylic acids is 3. The Kier molecular flexibility index (Phi) is 6.78. The van der Waals surface area contributed by atoms with Crippen LogP contribution in [0.4, 0.5) is 5.69 Å². The highest BCUT2D eigenvalue weighted by atomic mass is 79.9. The van der Waals surface area contributed by atoms with Gasteiger partial charge < -0.3 is 14.8 Å². The quantitative estimate of drug-likeness (QED) is 0.471. The van der Waals surface area contributed by atoms with E-state index in [9.17, 15) is 14.4 Å². The van der Waals surface area contributed by atoms with Crippen molar-refractivity contribution < 1.29 is 23.9 Å². The fourth-order valence-corrected chi connectivity index (χ4v) is 1.99. The minimum atomic E-state index is -0.750. The number of methoxy groups -OCH3 is 2. The molecule has 0 atom stereocenters. The molecular formula is C15H16BrNO5. The molecule has 1 aromatic carbocycles. The molecule has 0 unspecified atom stereocenters. The lowest BCUT2D eigenvalue weighted by Crippen LogP contribution is -2.17. The van der Waals surface area contributed by atoms with E-state index in [0.717, 1.165) is 6.08 Å². The molecule has 0 fully saturated rings. The standard InChI is InChI=1S/C15H16BrNO5/c1-4-13(18)10-6-5-9(16)7-11(10)17-12(15(20)22-3)8-14(19)21-2/h5-8,17H,4H2,1-3H3/b12-8+. The van der Waals surface area contributed by atoms with Crippen LogP contribution < -0.4 is 5.32 Å². The Morgan fingerprint density at radius 1 is 1.23 bits per heavy atom. The summed E-state index contributed by atoms with van der Waals surface area (Å²) in [5.74, 6) is -1.57. The van der Waals surface area contributed by atoms with Gasteiger partial charge in [0.05, 0.1) is 26.0 Å². The van der Waals surface area contributed by atoms with Crippen molar-refractivity contribution in [2.24, 2.45) is 0 Å². The number of ketones is 1. The van der Waals surface area contributed by atoms with Crippen LogP contribution in [-0.4, -0.2) is 31.9 Å². The third-order valence-corrected chi connectivity index (χ3v) is 3.23. The maximum Gasteiger partial charge on any atom is 0.354 e. The van der Waals surface area contributed by atoms with Gasteiger partial charge in [-0.1, -0.05) is 22.9 Å². The van der Waals surface area contributed by atoms with Crippen LogP contribution in [0.1, 0.15) is 23.7 Å². The van der Waals surface area contributed by atoms with Crippen molar-refractivity contribution in [3.05, 3.63) is 40.0 Å². The van der Waals surface area contributed by atoms with Crippen LogP contribution in [0.15, 0.2) is 34.4 Å². The second-order valence-corrected chi connectivity index (χ2v) is 5.08. The molecule has 0 saturated carbocycles. The molecule has 0 aliphatic rings. The topological polar surface area (TPSA) is 81.7 Å². The maximum atomic E-state index is 12.0. The summed E-state index contributed by atoms with van der Waals surface area (Å²) in [4.78, 5) is 35.1. The molecule has 0 saturated heterocycles. The minimum absolute atomic E-state index is 0.0997. The van der Waals surface area contributed by atoms with Crippen molar-refractivity contribution >= 4 is 39.3 Å². The van der Waals surface area contributed by atoms with E-state index in [1.54, 1.807) is 25.1 Å². The molecule has 0 radical (unpaired) electrons. The van der Waals surface area contributed by atoms with E-state index in [1.807, 2.05) is 0 Å². The molecule has 0 aliphatic heterocycles. The van der Waals surface area contributed by atoms with E-state index in [0.29, 0.717) is 22.1 Å². The molecule has 0 aliphatic carbocycles. The monoisotopic (exact) mass is 369 g/mol. The molecule has 1 aromatic rings. The number of esters is 2.